The molecule has 0 saturated carbocycles. The van der Waals surface area contributed by atoms with Crippen LogP contribution in [0.2, 0.25) is 0 Å². The summed E-state index contributed by atoms with van der Waals surface area (Å²) in [7, 11) is 0. The van der Waals surface area contributed by atoms with Gasteiger partial charge in [-0.25, -0.2) is 4.98 Å². The topological polar surface area (TPSA) is 73.3 Å². The minimum Gasteiger partial charge on any atom is -0.486 e. The van der Waals surface area contributed by atoms with Crippen molar-refractivity contribution in [2.75, 3.05) is 19.8 Å². The summed E-state index contributed by atoms with van der Waals surface area (Å²) in [5.74, 6) is 1.52. The molecule has 1 amide bonds. The summed E-state index contributed by atoms with van der Waals surface area (Å²) in [5.41, 5.74) is 5.10. The molecular weight excluding hydrogens is 446 g/mol. The van der Waals surface area contributed by atoms with Crippen molar-refractivity contribution in [1.29, 1.82) is 0 Å². The normalized spacial score (nSPS) is 12.4. The van der Waals surface area contributed by atoms with Gasteiger partial charge in [-0.05, 0) is 43.2 Å². The van der Waals surface area contributed by atoms with E-state index in [1.807, 2.05) is 30.3 Å². The second kappa shape index (κ2) is 10.1. The summed E-state index contributed by atoms with van der Waals surface area (Å²) >= 11 is 1.54. The third-order valence-corrected chi connectivity index (χ3v) is 6.70. The van der Waals surface area contributed by atoms with E-state index in [4.69, 9.17) is 14.5 Å². The van der Waals surface area contributed by atoms with Gasteiger partial charge in [0.15, 0.2) is 11.5 Å². The number of aryl methyl sites for hydroxylation is 1. The molecule has 7 heteroatoms. The fourth-order valence-electron chi connectivity index (χ4n) is 3.82. The van der Waals surface area contributed by atoms with Crippen molar-refractivity contribution in [3.8, 4) is 33.3 Å². The van der Waals surface area contributed by atoms with E-state index in [2.05, 4.69) is 41.5 Å². The molecule has 2 aromatic carbocycles. The predicted molar refractivity (Wildman–Crippen MR) is 133 cm³/mol. The van der Waals surface area contributed by atoms with Gasteiger partial charge < -0.3 is 14.8 Å². The highest BCUT2D eigenvalue weighted by molar-refractivity contribution is 7.15. The number of hydrogen-bond acceptors (Lipinski definition) is 6. The minimum atomic E-state index is -0.0210. The Morgan fingerprint density at radius 2 is 1.85 bits per heavy atom. The maximum absolute atomic E-state index is 12.8. The highest BCUT2D eigenvalue weighted by Crippen LogP contribution is 2.34. The summed E-state index contributed by atoms with van der Waals surface area (Å²) in [6, 6.07) is 18.1. The number of fused-ring (bicyclic) bond motifs is 1. The number of amides is 1. The van der Waals surface area contributed by atoms with Crippen LogP contribution >= 0.6 is 11.3 Å². The first-order valence-electron chi connectivity index (χ1n) is 11.3. The molecule has 0 atom stereocenters. The number of benzene rings is 2. The van der Waals surface area contributed by atoms with Crippen molar-refractivity contribution in [3.63, 3.8) is 0 Å². The summed E-state index contributed by atoms with van der Waals surface area (Å²) in [5, 5.41) is 3.92. The molecule has 4 aromatic rings. The highest BCUT2D eigenvalue weighted by Gasteiger charge is 2.17. The third kappa shape index (κ3) is 5.10. The van der Waals surface area contributed by atoms with Crippen molar-refractivity contribution >= 4 is 17.2 Å². The molecule has 0 saturated heterocycles. The molecule has 0 spiro atoms. The summed E-state index contributed by atoms with van der Waals surface area (Å²) in [4.78, 5) is 22.9. The molecule has 0 fully saturated rings. The number of nitrogens with zero attached hydrogens (tertiary/aromatic N) is 2. The lowest BCUT2D eigenvalue weighted by atomic mass is 10.1. The summed E-state index contributed by atoms with van der Waals surface area (Å²) < 4.78 is 11.2. The average Bonchev–Trinajstić information content (AvgIpc) is 3.28. The van der Waals surface area contributed by atoms with Crippen LogP contribution in [0.4, 0.5) is 0 Å². The van der Waals surface area contributed by atoms with Gasteiger partial charge in [0, 0.05) is 34.9 Å². The van der Waals surface area contributed by atoms with Crippen molar-refractivity contribution in [1.82, 2.24) is 15.3 Å². The number of aromatic nitrogens is 2. The first-order valence-corrected chi connectivity index (χ1v) is 12.1. The molecule has 2 aromatic heterocycles. The molecule has 172 valence electrons. The standard InChI is InChI=1S/C27H25N3O3S/c1-18-4-7-20(8-5-18)26-24(34-27(30-26)21-3-2-11-28-17-21)16-25(31)29-12-10-19-6-9-22-23(15-19)33-14-13-32-22/h2-9,11,15,17H,10,12-14,16H2,1H3,(H,29,31). The number of thiazole rings is 1. The Morgan fingerprint density at radius 3 is 2.65 bits per heavy atom. The first-order chi connectivity index (χ1) is 16.7. The number of rotatable bonds is 7. The Labute approximate surface area is 202 Å². The van der Waals surface area contributed by atoms with E-state index >= 15 is 0 Å². The van der Waals surface area contributed by atoms with Gasteiger partial charge in [-0.2, -0.15) is 0 Å². The number of carbonyl (C=O) groups is 1. The van der Waals surface area contributed by atoms with Crippen molar-refractivity contribution in [3.05, 3.63) is 83.0 Å². The predicted octanol–water partition coefficient (Wildman–Crippen LogP) is 4.85. The Morgan fingerprint density at radius 1 is 1.03 bits per heavy atom. The molecule has 5 rings (SSSR count). The molecule has 0 radical (unpaired) electrons. The molecule has 0 unspecified atom stereocenters. The van der Waals surface area contributed by atoms with Crippen LogP contribution in [0.15, 0.2) is 67.0 Å². The van der Waals surface area contributed by atoms with Crippen molar-refractivity contribution in [2.45, 2.75) is 19.8 Å². The molecule has 6 nitrogen and oxygen atoms in total. The third-order valence-electron chi connectivity index (χ3n) is 5.59. The minimum absolute atomic E-state index is 0.0210. The molecule has 0 aliphatic carbocycles. The molecule has 0 bridgehead atoms. The number of nitrogens with one attached hydrogen (secondary N) is 1. The maximum atomic E-state index is 12.8. The number of carbonyl (C=O) groups excluding carboxylic acids is 1. The van der Waals surface area contributed by atoms with E-state index in [1.54, 1.807) is 23.7 Å². The van der Waals surface area contributed by atoms with Crippen LogP contribution in [0.25, 0.3) is 21.8 Å². The van der Waals surface area contributed by atoms with Crippen LogP contribution in [-0.2, 0) is 17.6 Å². The zero-order chi connectivity index (χ0) is 23.3. The van der Waals surface area contributed by atoms with E-state index in [1.165, 1.54) is 5.56 Å². The Balaban J connectivity index is 1.28. The molecule has 3 heterocycles. The van der Waals surface area contributed by atoms with Crippen LogP contribution in [0.5, 0.6) is 11.5 Å². The molecular formula is C27H25N3O3S. The number of hydrogen-bond donors (Lipinski definition) is 1. The molecule has 1 aliphatic rings. The zero-order valence-electron chi connectivity index (χ0n) is 18.9. The maximum Gasteiger partial charge on any atom is 0.225 e. The molecule has 1 N–H and O–H groups in total. The quantitative estimate of drug-likeness (QED) is 0.417. The lowest BCUT2D eigenvalue weighted by Crippen LogP contribution is -2.27. The largest absolute Gasteiger partial charge is 0.486 e. The van der Waals surface area contributed by atoms with E-state index in [0.29, 0.717) is 19.8 Å². The lowest BCUT2D eigenvalue weighted by Gasteiger charge is -2.18. The van der Waals surface area contributed by atoms with Gasteiger partial charge in [-0.3, -0.25) is 9.78 Å². The average molecular weight is 472 g/mol. The molecule has 1 aliphatic heterocycles. The van der Waals surface area contributed by atoms with Crippen LogP contribution in [0.3, 0.4) is 0 Å². The van der Waals surface area contributed by atoms with Gasteiger partial charge in [-0.15, -0.1) is 11.3 Å². The van der Waals surface area contributed by atoms with Crippen molar-refractivity contribution in [2.24, 2.45) is 0 Å². The monoisotopic (exact) mass is 471 g/mol. The van der Waals surface area contributed by atoms with Gasteiger partial charge in [-0.1, -0.05) is 35.9 Å². The SMILES string of the molecule is Cc1ccc(-c2nc(-c3cccnc3)sc2CC(=O)NCCc2ccc3c(c2)OCCO3)cc1. The number of pyridine rings is 1. The summed E-state index contributed by atoms with van der Waals surface area (Å²) in [6.45, 7) is 3.74. The van der Waals surface area contributed by atoms with E-state index in [0.717, 1.165) is 50.2 Å². The summed E-state index contributed by atoms with van der Waals surface area (Å²) in [6.07, 6.45) is 4.54. The van der Waals surface area contributed by atoms with Crippen LogP contribution in [0, 0.1) is 6.92 Å². The van der Waals surface area contributed by atoms with Crippen LogP contribution < -0.4 is 14.8 Å². The Bertz CT molecular complexity index is 1290. The fraction of sp³-hybridized carbons (Fsp3) is 0.222. The smallest absolute Gasteiger partial charge is 0.225 e. The van der Waals surface area contributed by atoms with E-state index in [9.17, 15) is 4.79 Å². The molecule has 34 heavy (non-hydrogen) atoms. The van der Waals surface area contributed by atoms with E-state index in [-0.39, 0.29) is 12.3 Å². The number of ether oxygens (including phenoxy) is 2. The Hall–Kier alpha value is -3.71. The first kappa shape index (κ1) is 22.1. The van der Waals surface area contributed by atoms with Gasteiger partial charge in [0.05, 0.1) is 12.1 Å². The second-order valence-corrected chi connectivity index (χ2v) is 9.24. The van der Waals surface area contributed by atoms with Crippen molar-refractivity contribution < 1.29 is 14.3 Å². The highest BCUT2D eigenvalue weighted by atomic mass is 32.1. The van der Waals surface area contributed by atoms with E-state index < -0.39 is 0 Å². The van der Waals surface area contributed by atoms with Gasteiger partial charge >= 0.3 is 0 Å². The lowest BCUT2D eigenvalue weighted by molar-refractivity contribution is -0.120. The van der Waals surface area contributed by atoms with Crippen LogP contribution in [0.1, 0.15) is 16.0 Å². The van der Waals surface area contributed by atoms with Gasteiger partial charge in [0.1, 0.15) is 18.2 Å². The second-order valence-electron chi connectivity index (χ2n) is 8.15. The Kier molecular flexibility index (Phi) is 6.53. The fourth-order valence-corrected chi connectivity index (χ4v) is 4.89. The van der Waals surface area contributed by atoms with Gasteiger partial charge in [0.25, 0.3) is 0 Å². The van der Waals surface area contributed by atoms with Crippen LogP contribution in [-0.4, -0.2) is 35.6 Å². The zero-order valence-corrected chi connectivity index (χ0v) is 19.7. The van der Waals surface area contributed by atoms with Gasteiger partial charge in [0.2, 0.25) is 5.91 Å².